The first-order chi connectivity index (χ1) is 12.8. The normalized spacial score (nSPS) is 10.9. The van der Waals surface area contributed by atoms with Crippen LogP contribution in [-0.2, 0) is 4.79 Å². The second-order valence-electron chi connectivity index (χ2n) is 7.00. The number of carbonyl (C=O) groups is 2. The average Bonchev–Trinajstić information content (AvgIpc) is 3.03. The molecule has 0 radical (unpaired) electrons. The van der Waals surface area contributed by atoms with Gasteiger partial charge in [-0.2, -0.15) is 0 Å². The summed E-state index contributed by atoms with van der Waals surface area (Å²) in [6.45, 7) is 7.85. The summed E-state index contributed by atoms with van der Waals surface area (Å²) in [5, 5.41) is 2.92. The summed E-state index contributed by atoms with van der Waals surface area (Å²) in [4.78, 5) is 30.8. The molecule has 0 saturated carbocycles. The van der Waals surface area contributed by atoms with Crippen molar-refractivity contribution in [2.75, 3.05) is 18.9 Å². The molecule has 2 heterocycles. The van der Waals surface area contributed by atoms with Crippen LogP contribution in [0.25, 0.3) is 5.65 Å². The molecular formula is C21H24N4O2. The number of nitrogens with one attached hydrogen (secondary N) is 1. The summed E-state index contributed by atoms with van der Waals surface area (Å²) in [5.74, 6) is -0.522. The summed E-state index contributed by atoms with van der Waals surface area (Å²) in [7, 11) is 1.60. The highest BCUT2D eigenvalue weighted by molar-refractivity contribution is 5.99. The van der Waals surface area contributed by atoms with Gasteiger partial charge in [0, 0.05) is 24.6 Å². The number of fused-ring (bicyclic) bond motifs is 1. The van der Waals surface area contributed by atoms with Crippen molar-refractivity contribution in [3.8, 4) is 0 Å². The molecule has 2 amide bonds. The number of hydrogen-bond donors (Lipinski definition) is 1. The van der Waals surface area contributed by atoms with E-state index in [0.29, 0.717) is 11.3 Å². The molecule has 6 heteroatoms. The van der Waals surface area contributed by atoms with E-state index >= 15 is 0 Å². The smallest absolute Gasteiger partial charge is 0.274 e. The number of carbonyl (C=O) groups excluding carboxylic acids is 2. The van der Waals surface area contributed by atoms with Crippen molar-refractivity contribution in [3.63, 3.8) is 0 Å². The van der Waals surface area contributed by atoms with Gasteiger partial charge in [-0.05, 0) is 51.0 Å². The number of imidazole rings is 1. The van der Waals surface area contributed by atoms with Gasteiger partial charge in [-0.25, -0.2) is 4.98 Å². The molecule has 3 rings (SSSR count). The van der Waals surface area contributed by atoms with Gasteiger partial charge in [0.2, 0.25) is 5.91 Å². The lowest BCUT2D eigenvalue weighted by atomic mass is 10.1. The van der Waals surface area contributed by atoms with Crippen molar-refractivity contribution >= 4 is 23.1 Å². The maximum atomic E-state index is 12.7. The fourth-order valence-corrected chi connectivity index (χ4v) is 3.29. The highest BCUT2D eigenvalue weighted by Gasteiger charge is 2.19. The molecule has 0 aliphatic carbocycles. The van der Waals surface area contributed by atoms with Gasteiger partial charge >= 0.3 is 0 Å². The number of aryl methyl sites for hydroxylation is 4. The fraction of sp³-hybridized carbons (Fsp3) is 0.286. The van der Waals surface area contributed by atoms with Gasteiger partial charge in [0.25, 0.3) is 5.91 Å². The number of likely N-dealkylation sites (N-methyl/N-ethyl adjacent to an activating group) is 1. The number of anilines is 1. The summed E-state index contributed by atoms with van der Waals surface area (Å²) >= 11 is 0. The topological polar surface area (TPSA) is 66.7 Å². The molecule has 0 fully saturated rings. The third-order valence-corrected chi connectivity index (χ3v) is 4.58. The predicted octanol–water partition coefficient (Wildman–Crippen LogP) is 3.28. The first-order valence-electron chi connectivity index (χ1n) is 8.84. The lowest BCUT2D eigenvalue weighted by molar-refractivity contribution is -0.116. The number of rotatable bonds is 4. The molecule has 1 aromatic carbocycles. The van der Waals surface area contributed by atoms with E-state index in [1.807, 2.05) is 62.4 Å². The highest BCUT2D eigenvalue weighted by atomic mass is 16.2. The largest absolute Gasteiger partial charge is 0.331 e. The van der Waals surface area contributed by atoms with E-state index in [1.54, 1.807) is 13.2 Å². The second-order valence-corrected chi connectivity index (χ2v) is 7.00. The van der Waals surface area contributed by atoms with E-state index in [2.05, 4.69) is 10.3 Å². The van der Waals surface area contributed by atoms with Crippen LogP contribution in [0.1, 0.15) is 32.9 Å². The van der Waals surface area contributed by atoms with Crippen molar-refractivity contribution < 1.29 is 9.59 Å². The first-order valence-corrected chi connectivity index (χ1v) is 8.84. The average molecular weight is 364 g/mol. The zero-order valence-corrected chi connectivity index (χ0v) is 16.3. The lowest BCUT2D eigenvalue weighted by Crippen LogP contribution is -2.35. The summed E-state index contributed by atoms with van der Waals surface area (Å²) in [6, 6.07) is 9.74. The number of amides is 2. The summed E-state index contributed by atoms with van der Waals surface area (Å²) in [5.41, 5.74) is 5.98. The van der Waals surface area contributed by atoms with Gasteiger partial charge in [0.05, 0.1) is 6.54 Å². The lowest BCUT2D eigenvalue weighted by Gasteiger charge is -2.17. The van der Waals surface area contributed by atoms with Crippen LogP contribution in [-0.4, -0.2) is 39.7 Å². The number of aromatic nitrogens is 2. The Morgan fingerprint density at radius 3 is 2.41 bits per heavy atom. The SMILES string of the molecule is Cc1cc(C)c(NC(=O)CN(C)C(=O)c2cn3c(C)cccc3n2)c(C)c1. The molecule has 0 unspecified atom stereocenters. The third kappa shape index (κ3) is 3.84. The van der Waals surface area contributed by atoms with Gasteiger partial charge < -0.3 is 14.6 Å². The molecule has 0 atom stereocenters. The second kappa shape index (κ2) is 7.23. The van der Waals surface area contributed by atoms with Gasteiger partial charge in [-0.1, -0.05) is 23.8 Å². The first kappa shape index (κ1) is 18.6. The van der Waals surface area contributed by atoms with Crippen molar-refractivity contribution in [1.29, 1.82) is 0 Å². The number of benzene rings is 1. The van der Waals surface area contributed by atoms with Gasteiger partial charge in [-0.15, -0.1) is 0 Å². The van der Waals surface area contributed by atoms with E-state index in [0.717, 1.165) is 28.1 Å². The Morgan fingerprint density at radius 1 is 1.11 bits per heavy atom. The zero-order chi connectivity index (χ0) is 19.7. The van der Waals surface area contributed by atoms with Gasteiger partial charge in [0.15, 0.2) is 0 Å². The monoisotopic (exact) mass is 364 g/mol. The van der Waals surface area contributed by atoms with Crippen molar-refractivity contribution in [2.24, 2.45) is 0 Å². The van der Waals surface area contributed by atoms with Crippen LogP contribution in [0.2, 0.25) is 0 Å². The Kier molecular flexibility index (Phi) is 4.99. The minimum atomic E-state index is -0.286. The molecule has 3 aromatic rings. The van der Waals surface area contributed by atoms with Crippen LogP contribution < -0.4 is 5.32 Å². The van der Waals surface area contributed by atoms with Crippen LogP contribution in [0.3, 0.4) is 0 Å². The van der Waals surface area contributed by atoms with Gasteiger partial charge in [0.1, 0.15) is 11.3 Å². The Labute approximate surface area is 158 Å². The zero-order valence-electron chi connectivity index (χ0n) is 16.3. The predicted molar refractivity (Wildman–Crippen MR) is 106 cm³/mol. The van der Waals surface area contributed by atoms with Crippen LogP contribution in [0, 0.1) is 27.7 Å². The minimum Gasteiger partial charge on any atom is -0.331 e. The Hall–Kier alpha value is -3.15. The van der Waals surface area contributed by atoms with Gasteiger partial charge in [-0.3, -0.25) is 9.59 Å². The van der Waals surface area contributed by atoms with Crippen LogP contribution >= 0.6 is 0 Å². The molecule has 2 aromatic heterocycles. The Balaban J connectivity index is 1.72. The van der Waals surface area contributed by atoms with E-state index in [4.69, 9.17) is 0 Å². The van der Waals surface area contributed by atoms with Crippen molar-refractivity contribution in [3.05, 3.63) is 64.6 Å². The quantitative estimate of drug-likeness (QED) is 0.773. The van der Waals surface area contributed by atoms with E-state index in [1.165, 1.54) is 4.90 Å². The molecule has 140 valence electrons. The van der Waals surface area contributed by atoms with E-state index < -0.39 is 0 Å². The third-order valence-electron chi connectivity index (χ3n) is 4.58. The molecule has 0 saturated heterocycles. The molecule has 1 N–H and O–H groups in total. The maximum absolute atomic E-state index is 12.7. The number of pyridine rings is 1. The molecule has 0 aliphatic rings. The molecule has 0 aliphatic heterocycles. The van der Waals surface area contributed by atoms with Crippen LogP contribution in [0.4, 0.5) is 5.69 Å². The highest BCUT2D eigenvalue weighted by Crippen LogP contribution is 2.21. The van der Waals surface area contributed by atoms with Crippen molar-refractivity contribution in [1.82, 2.24) is 14.3 Å². The summed E-state index contributed by atoms with van der Waals surface area (Å²) < 4.78 is 1.86. The number of nitrogens with zero attached hydrogens (tertiary/aromatic N) is 3. The fourth-order valence-electron chi connectivity index (χ4n) is 3.29. The molecule has 6 nitrogen and oxygen atoms in total. The van der Waals surface area contributed by atoms with Crippen molar-refractivity contribution in [2.45, 2.75) is 27.7 Å². The summed E-state index contributed by atoms with van der Waals surface area (Å²) in [6.07, 6.45) is 1.70. The van der Waals surface area contributed by atoms with E-state index in [9.17, 15) is 9.59 Å². The van der Waals surface area contributed by atoms with Crippen LogP contribution in [0.15, 0.2) is 36.5 Å². The van der Waals surface area contributed by atoms with E-state index in [-0.39, 0.29) is 18.4 Å². The maximum Gasteiger partial charge on any atom is 0.274 e. The minimum absolute atomic E-state index is 0.0432. The molecular weight excluding hydrogens is 340 g/mol. The molecule has 0 bridgehead atoms. The Morgan fingerprint density at radius 2 is 1.78 bits per heavy atom. The molecule has 0 spiro atoms. The standard InChI is InChI=1S/C21H24N4O2/c1-13-9-14(2)20(15(3)10-13)23-19(26)12-24(5)21(27)17-11-25-16(4)7-6-8-18(25)22-17/h6-11H,12H2,1-5H3,(H,23,26). The number of hydrogen-bond acceptors (Lipinski definition) is 3. The van der Waals surface area contributed by atoms with Crippen LogP contribution in [0.5, 0.6) is 0 Å². The Bertz CT molecular complexity index is 1010. The molecule has 27 heavy (non-hydrogen) atoms.